The summed E-state index contributed by atoms with van der Waals surface area (Å²) in [6.07, 6.45) is 9.65. The van der Waals surface area contributed by atoms with Gasteiger partial charge >= 0.3 is 0 Å². The third-order valence-electron chi connectivity index (χ3n) is 4.74. The lowest BCUT2D eigenvalue weighted by molar-refractivity contribution is 0.414. The van der Waals surface area contributed by atoms with Crippen molar-refractivity contribution >= 4 is 22.7 Å². The SMILES string of the molecule is Cc1ccsc1-c1cnc(CNCC2CC3C=CC2C3)s1. The van der Waals surface area contributed by atoms with Crippen molar-refractivity contribution in [3.05, 3.63) is 40.4 Å². The molecule has 0 aromatic carbocycles. The molecule has 1 N–H and O–H groups in total. The van der Waals surface area contributed by atoms with Crippen LogP contribution in [0.3, 0.4) is 0 Å². The van der Waals surface area contributed by atoms with Gasteiger partial charge in [-0.3, -0.25) is 0 Å². The topological polar surface area (TPSA) is 24.9 Å². The Hall–Kier alpha value is -0.970. The Kier molecular flexibility index (Phi) is 3.69. The first-order chi connectivity index (χ1) is 10.3. The molecule has 0 amide bonds. The van der Waals surface area contributed by atoms with Gasteiger partial charge < -0.3 is 5.32 Å². The van der Waals surface area contributed by atoms with Gasteiger partial charge in [-0.1, -0.05) is 12.2 Å². The Morgan fingerprint density at radius 3 is 3.00 bits per heavy atom. The number of allylic oxidation sites excluding steroid dienone is 2. The van der Waals surface area contributed by atoms with E-state index in [0.717, 1.165) is 30.8 Å². The summed E-state index contributed by atoms with van der Waals surface area (Å²) < 4.78 is 0. The van der Waals surface area contributed by atoms with Crippen molar-refractivity contribution in [3.8, 4) is 9.75 Å². The van der Waals surface area contributed by atoms with Gasteiger partial charge in [0.2, 0.25) is 0 Å². The van der Waals surface area contributed by atoms with Crippen LogP contribution in [0, 0.1) is 24.7 Å². The van der Waals surface area contributed by atoms with Gasteiger partial charge in [0.05, 0.1) is 4.88 Å². The third-order valence-corrected chi connectivity index (χ3v) is 6.93. The van der Waals surface area contributed by atoms with Gasteiger partial charge in [-0.25, -0.2) is 4.98 Å². The lowest BCUT2D eigenvalue weighted by Crippen LogP contribution is -2.24. The van der Waals surface area contributed by atoms with E-state index < -0.39 is 0 Å². The Labute approximate surface area is 133 Å². The minimum atomic E-state index is 0.836. The van der Waals surface area contributed by atoms with Gasteiger partial charge in [-0.2, -0.15) is 0 Å². The molecule has 2 bridgehead atoms. The van der Waals surface area contributed by atoms with Crippen LogP contribution in [0.2, 0.25) is 0 Å². The van der Waals surface area contributed by atoms with Gasteiger partial charge in [-0.05, 0) is 61.1 Å². The van der Waals surface area contributed by atoms with E-state index >= 15 is 0 Å². The molecular formula is C17H20N2S2. The lowest BCUT2D eigenvalue weighted by atomic mass is 9.94. The van der Waals surface area contributed by atoms with E-state index in [1.54, 1.807) is 0 Å². The van der Waals surface area contributed by atoms with Crippen LogP contribution in [0.4, 0.5) is 0 Å². The van der Waals surface area contributed by atoms with E-state index in [4.69, 9.17) is 0 Å². The van der Waals surface area contributed by atoms with E-state index in [0.29, 0.717) is 0 Å². The molecule has 3 unspecified atom stereocenters. The normalized spacial score (nSPS) is 26.8. The molecule has 1 fully saturated rings. The maximum atomic E-state index is 4.57. The molecule has 2 aliphatic carbocycles. The third kappa shape index (κ3) is 2.72. The minimum absolute atomic E-state index is 0.836. The van der Waals surface area contributed by atoms with Crippen molar-refractivity contribution in [2.24, 2.45) is 17.8 Å². The fraction of sp³-hybridized carbons (Fsp3) is 0.471. The Morgan fingerprint density at radius 1 is 1.33 bits per heavy atom. The van der Waals surface area contributed by atoms with Crippen molar-refractivity contribution < 1.29 is 0 Å². The quantitative estimate of drug-likeness (QED) is 0.823. The second-order valence-corrected chi connectivity index (χ2v) is 8.25. The number of aromatic nitrogens is 1. The molecular weight excluding hydrogens is 296 g/mol. The first kappa shape index (κ1) is 13.7. The highest BCUT2D eigenvalue weighted by Crippen LogP contribution is 2.43. The van der Waals surface area contributed by atoms with Gasteiger partial charge in [0.25, 0.3) is 0 Å². The highest BCUT2D eigenvalue weighted by molar-refractivity contribution is 7.21. The molecule has 2 aromatic rings. The number of nitrogens with one attached hydrogen (secondary N) is 1. The first-order valence-corrected chi connectivity index (χ1v) is 9.37. The van der Waals surface area contributed by atoms with Gasteiger partial charge in [-0.15, -0.1) is 22.7 Å². The average Bonchev–Trinajstić information content (AvgIpc) is 3.21. The zero-order chi connectivity index (χ0) is 14.2. The second kappa shape index (κ2) is 5.67. The summed E-state index contributed by atoms with van der Waals surface area (Å²) in [4.78, 5) is 7.25. The second-order valence-electron chi connectivity index (χ2n) is 6.22. The molecule has 3 atom stereocenters. The van der Waals surface area contributed by atoms with Crippen LogP contribution in [0.1, 0.15) is 23.4 Å². The number of fused-ring (bicyclic) bond motifs is 2. The highest BCUT2D eigenvalue weighted by atomic mass is 32.1. The largest absolute Gasteiger partial charge is 0.310 e. The van der Waals surface area contributed by atoms with Crippen molar-refractivity contribution in [1.82, 2.24) is 10.3 Å². The molecule has 1 saturated carbocycles. The number of thiophene rings is 1. The number of hydrogen-bond acceptors (Lipinski definition) is 4. The highest BCUT2D eigenvalue weighted by Gasteiger charge is 2.34. The van der Waals surface area contributed by atoms with Crippen LogP contribution >= 0.6 is 22.7 Å². The van der Waals surface area contributed by atoms with Gasteiger partial charge in [0.15, 0.2) is 0 Å². The van der Waals surface area contributed by atoms with Crippen LogP contribution in [-0.4, -0.2) is 11.5 Å². The number of thiazole rings is 1. The predicted molar refractivity (Wildman–Crippen MR) is 90.7 cm³/mol. The standard InChI is InChI=1S/C17H20N2S2/c1-11-4-5-20-17(11)15-9-19-16(21-15)10-18-8-14-7-12-2-3-13(14)6-12/h2-5,9,12-14,18H,6-8,10H2,1H3. The summed E-state index contributed by atoms with van der Waals surface area (Å²) in [5.74, 6) is 2.55. The number of rotatable bonds is 5. The molecule has 4 heteroatoms. The molecule has 2 aliphatic rings. The molecule has 0 saturated heterocycles. The fourth-order valence-electron chi connectivity index (χ4n) is 3.62. The summed E-state index contributed by atoms with van der Waals surface area (Å²) >= 11 is 3.64. The van der Waals surface area contributed by atoms with Crippen molar-refractivity contribution in [3.63, 3.8) is 0 Å². The Balaban J connectivity index is 1.33. The van der Waals surface area contributed by atoms with Gasteiger partial charge in [0.1, 0.15) is 5.01 Å². The number of hydrogen-bond donors (Lipinski definition) is 1. The molecule has 0 radical (unpaired) electrons. The lowest BCUT2D eigenvalue weighted by Gasteiger charge is -2.17. The Bertz CT molecular complexity index is 655. The maximum Gasteiger partial charge on any atom is 0.107 e. The molecule has 0 spiro atoms. The Morgan fingerprint density at radius 2 is 2.29 bits per heavy atom. The fourth-order valence-corrected chi connectivity index (χ4v) is 5.61. The molecule has 2 aromatic heterocycles. The smallest absolute Gasteiger partial charge is 0.107 e. The molecule has 2 heterocycles. The summed E-state index contributed by atoms with van der Waals surface area (Å²) in [7, 11) is 0. The number of aryl methyl sites for hydroxylation is 1. The maximum absolute atomic E-state index is 4.57. The molecule has 4 rings (SSSR count). The van der Waals surface area contributed by atoms with Crippen molar-refractivity contribution in [2.45, 2.75) is 26.3 Å². The average molecular weight is 316 g/mol. The summed E-state index contributed by atoms with van der Waals surface area (Å²) in [6, 6.07) is 2.18. The molecule has 0 aliphatic heterocycles. The van der Waals surface area contributed by atoms with Crippen LogP contribution in [-0.2, 0) is 6.54 Å². The number of nitrogens with zero attached hydrogens (tertiary/aromatic N) is 1. The molecule has 2 nitrogen and oxygen atoms in total. The van der Waals surface area contributed by atoms with E-state index in [2.05, 4.69) is 40.8 Å². The van der Waals surface area contributed by atoms with Gasteiger partial charge in [0, 0.05) is 17.6 Å². The van der Waals surface area contributed by atoms with E-state index in [1.807, 2.05) is 28.9 Å². The zero-order valence-electron chi connectivity index (χ0n) is 12.2. The molecule has 110 valence electrons. The summed E-state index contributed by atoms with van der Waals surface area (Å²) in [6.45, 7) is 4.22. The summed E-state index contributed by atoms with van der Waals surface area (Å²) in [5.41, 5.74) is 1.36. The van der Waals surface area contributed by atoms with E-state index in [-0.39, 0.29) is 0 Å². The van der Waals surface area contributed by atoms with Crippen LogP contribution in [0.25, 0.3) is 9.75 Å². The minimum Gasteiger partial charge on any atom is -0.310 e. The molecule has 21 heavy (non-hydrogen) atoms. The first-order valence-electron chi connectivity index (χ1n) is 7.68. The van der Waals surface area contributed by atoms with Crippen LogP contribution < -0.4 is 5.32 Å². The zero-order valence-corrected chi connectivity index (χ0v) is 13.8. The predicted octanol–water partition coefficient (Wildman–Crippen LogP) is 4.48. The monoisotopic (exact) mass is 316 g/mol. The van der Waals surface area contributed by atoms with Crippen molar-refractivity contribution in [1.29, 1.82) is 0 Å². The summed E-state index contributed by atoms with van der Waals surface area (Å²) in [5, 5.41) is 6.98. The van der Waals surface area contributed by atoms with E-state index in [1.165, 1.54) is 33.2 Å². The van der Waals surface area contributed by atoms with Crippen LogP contribution in [0.5, 0.6) is 0 Å². The van der Waals surface area contributed by atoms with E-state index in [9.17, 15) is 0 Å². The van der Waals surface area contributed by atoms with Crippen molar-refractivity contribution in [2.75, 3.05) is 6.54 Å². The van der Waals surface area contributed by atoms with Crippen LogP contribution in [0.15, 0.2) is 29.8 Å².